The topological polar surface area (TPSA) is 58.6 Å². The SMILES string of the molecule is C=CC(=O)Nc1cccc(CC(=O)N2CC3(CCOCC3)C2C2CC2)c1. The largest absolute Gasteiger partial charge is 0.381 e. The number of amides is 2. The van der Waals surface area contributed by atoms with Crippen LogP contribution in [0.25, 0.3) is 0 Å². The number of ether oxygens (including phenoxy) is 1. The van der Waals surface area contributed by atoms with Gasteiger partial charge in [0.05, 0.1) is 6.42 Å². The van der Waals surface area contributed by atoms with E-state index in [4.69, 9.17) is 4.74 Å². The number of benzene rings is 1. The maximum absolute atomic E-state index is 12.9. The van der Waals surface area contributed by atoms with E-state index in [2.05, 4.69) is 16.8 Å². The highest BCUT2D eigenvalue weighted by Crippen LogP contribution is 2.54. The molecule has 5 heteroatoms. The Hall–Kier alpha value is -2.14. The van der Waals surface area contributed by atoms with Crippen molar-refractivity contribution in [1.82, 2.24) is 4.90 Å². The molecule has 0 radical (unpaired) electrons. The van der Waals surface area contributed by atoms with Gasteiger partial charge in [-0.05, 0) is 55.4 Å². The predicted octanol–water partition coefficient (Wildman–Crippen LogP) is 2.77. The average Bonchev–Trinajstić information content (AvgIpc) is 3.45. The number of likely N-dealkylation sites (tertiary alicyclic amines) is 1. The highest BCUT2D eigenvalue weighted by molar-refractivity contribution is 5.99. The summed E-state index contributed by atoms with van der Waals surface area (Å²) >= 11 is 0. The molecule has 1 aromatic rings. The van der Waals surface area contributed by atoms with E-state index in [1.54, 1.807) is 0 Å². The molecule has 1 unspecified atom stereocenters. The second-order valence-corrected chi connectivity index (χ2v) is 7.85. The lowest BCUT2D eigenvalue weighted by Gasteiger charge is -2.59. The second kappa shape index (κ2) is 6.88. The van der Waals surface area contributed by atoms with Crippen LogP contribution in [0.2, 0.25) is 0 Å². The fourth-order valence-electron chi connectivity index (χ4n) is 4.62. The zero-order valence-electron chi connectivity index (χ0n) is 15.1. The first-order valence-electron chi connectivity index (χ1n) is 9.51. The summed E-state index contributed by atoms with van der Waals surface area (Å²) in [5, 5.41) is 2.75. The van der Waals surface area contributed by atoms with Crippen LogP contribution in [0.15, 0.2) is 36.9 Å². The Labute approximate surface area is 154 Å². The summed E-state index contributed by atoms with van der Waals surface area (Å²) in [5.74, 6) is 0.640. The number of anilines is 1. The summed E-state index contributed by atoms with van der Waals surface area (Å²) in [7, 11) is 0. The molecule has 0 aromatic heterocycles. The monoisotopic (exact) mass is 354 g/mol. The van der Waals surface area contributed by atoms with E-state index >= 15 is 0 Å². The van der Waals surface area contributed by atoms with E-state index in [-0.39, 0.29) is 11.8 Å². The maximum Gasteiger partial charge on any atom is 0.247 e. The molecule has 1 aromatic carbocycles. The van der Waals surface area contributed by atoms with Crippen molar-refractivity contribution >= 4 is 17.5 Å². The van der Waals surface area contributed by atoms with E-state index < -0.39 is 0 Å². The van der Waals surface area contributed by atoms with Gasteiger partial charge >= 0.3 is 0 Å². The van der Waals surface area contributed by atoms with E-state index in [1.165, 1.54) is 18.9 Å². The Balaban J connectivity index is 1.43. The van der Waals surface area contributed by atoms with Gasteiger partial charge in [-0.3, -0.25) is 9.59 Å². The summed E-state index contributed by atoms with van der Waals surface area (Å²) in [6.45, 7) is 6.00. The van der Waals surface area contributed by atoms with Crippen LogP contribution in [-0.4, -0.2) is 42.5 Å². The molecule has 2 amide bonds. The van der Waals surface area contributed by atoms with Crippen LogP contribution in [0.5, 0.6) is 0 Å². The van der Waals surface area contributed by atoms with Crippen LogP contribution in [0.4, 0.5) is 5.69 Å². The smallest absolute Gasteiger partial charge is 0.247 e. The van der Waals surface area contributed by atoms with E-state index in [0.29, 0.717) is 29.5 Å². The fourth-order valence-corrected chi connectivity index (χ4v) is 4.62. The molecule has 1 aliphatic carbocycles. The number of hydrogen-bond acceptors (Lipinski definition) is 3. The Morgan fingerprint density at radius 1 is 1.31 bits per heavy atom. The first-order valence-corrected chi connectivity index (χ1v) is 9.51. The predicted molar refractivity (Wildman–Crippen MR) is 99.7 cm³/mol. The van der Waals surface area contributed by atoms with E-state index in [9.17, 15) is 9.59 Å². The summed E-state index contributed by atoms with van der Waals surface area (Å²) < 4.78 is 5.55. The van der Waals surface area contributed by atoms with Gasteiger partial charge in [-0.2, -0.15) is 0 Å². The highest BCUT2D eigenvalue weighted by atomic mass is 16.5. The molecule has 138 valence electrons. The van der Waals surface area contributed by atoms with Crippen molar-refractivity contribution < 1.29 is 14.3 Å². The number of rotatable bonds is 5. The van der Waals surface area contributed by atoms with Crippen LogP contribution in [0.3, 0.4) is 0 Å². The molecule has 1 N–H and O–H groups in total. The molecule has 3 fully saturated rings. The lowest BCUT2D eigenvalue weighted by atomic mass is 9.64. The average molecular weight is 354 g/mol. The standard InChI is InChI=1S/C21H26N2O3/c1-2-18(24)22-17-5-3-4-15(12-17)13-19(25)23-14-21(8-10-26-11-9-21)20(23)16-6-7-16/h2-5,12,16,20H,1,6-11,13-14H2,(H,22,24). The first-order chi connectivity index (χ1) is 12.6. The number of carbonyl (C=O) groups excluding carboxylic acids is 2. The molecule has 4 rings (SSSR count). The molecule has 0 bridgehead atoms. The fraction of sp³-hybridized carbons (Fsp3) is 0.524. The minimum atomic E-state index is -0.244. The molecule has 2 aliphatic heterocycles. The van der Waals surface area contributed by atoms with Gasteiger partial charge in [-0.15, -0.1) is 0 Å². The summed E-state index contributed by atoms with van der Waals surface area (Å²) in [5.41, 5.74) is 1.93. The molecule has 1 atom stereocenters. The van der Waals surface area contributed by atoms with Crippen LogP contribution in [0, 0.1) is 11.3 Å². The molecule has 1 spiro atoms. The van der Waals surface area contributed by atoms with Crippen molar-refractivity contribution in [2.45, 2.75) is 38.1 Å². The summed E-state index contributed by atoms with van der Waals surface area (Å²) in [4.78, 5) is 26.5. The molecular formula is C21H26N2O3. The molecule has 2 heterocycles. The Morgan fingerprint density at radius 3 is 2.77 bits per heavy atom. The quantitative estimate of drug-likeness (QED) is 0.827. The number of hydrogen-bond donors (Lipinski definition) is 1. The number of nitrogens with zero attached hydrogens (tertiary/aromatic N) is 1. The van der Waals surface area contributed by atoms with Crippen molar-refractivity contribution in [2.75, 3.05) is 25.1 Å². The number of nitrogens with one attached hydrogen (secondary N) is 1. The zero-order valence-corrected chi connectivity index (χ0v) is 15.1. The lowest BCUT2D eigenvalue weighted by molar-refractivity contribution is -0.170. The van der Waals surface area contributed by atoms with Crippen LogP contribution < -0.4 is 5.32 Å². The zero-order chi connectivity index (χ0) is 18.1. The Kier molecular flexibility index (Phi) is 4.57. The van der Waals surface area contributed by atoms with Gasteiger partial charge in [0, 0.05) is 36.9 Å². The van der Waals surface area contributed by atoms with Gasteiger partial charge in [0.25, 0.3) is 0 Å². The summed E-state index contributed by atoms with van der Waals surface area (Å²) in [6, 6.07) is 7.91. The molecular weight excluding hydrogens is 328 g/mol. The third-order valence-corrected chi connectivity index (χ3v) is 6.06. The molecule has 26 heavy (non-hydrogen) atoms. The van der Waals surface area contributed by atoms with Crippen molar-refractivity contribution in [1.29, 1.82) is 0 Å². The molecule has 2 saturated heterocycles. The van der Waals surface area contributed by atoms with Crippen molar-refractivity contribution in [3.63, 3.8) is 0 Å². The maximum atomic E-state index is 12.9. The molecule has 1 saturated carbocycles. The third-order valence-electron chi connectivity index (χ3n) is 6.06. The van der Waals surface area contributed by atoms with Gasteiger partial charge in [-0.1, -0.05) is 18.7 Å². The third kappa shape index (κ3) is 3.28. The Morgan fingerprint density at radius 2 is 2.08 bits per heavy atom. The van der Waals surface area contributed by atoms with E-state index in [0.717, 1.165) is 38.2 Å². The molecule has 3 aliphatic rings. The molecule has 5 nitrogen and oxygen atoms in total. The minimum absolute atomic E-state index is 0.200. The normalized spacial score (nSPS) is 24.0. The van der Waals surface area contributed by atoms with E-state index in [1.807, 2.05) is 24.3 Å². The van der Waals surface area contributed by atoms with Gasteiger partial charge < -0.3 is 15.0 Å². The minimum Gasteiger partial charge on any atom is -0.381 e. The van der Waals surface area contributed by atoms with Gasteiger partial charge in [0.15, 0.2) is 0 Å². The van der Waals surface area contributed by atoms with Crippen LogP contribution in [0.1, 0.15) is 31.2 Å². The number of carbonyl (C=O) groups is 2. The van der Waals surface area contributed by atoms with Gasteiger partial charge in [0.1, 0.15) is 0 Å². The Bertz CT molecular complexity index is 720. The van der Waals surface area contributed by atoms with Crippen molar-refractivity contribution in [3.05, 3.63) is 42.5 Å². The van der Waals surface area contributed by atoms with Crippen molar-refractivity contribution in [3.8, 4) is 0 Å². The van der Waals surface area contributed by atoms with Crippen LogP contribution >= 0.6 is 0 Å². The lowest BCUT2D eigenvalue weighted by Crippen LogP contribution is -2.68. The van der Waals surface area contributed by atoms with Gasteiger partial charge in [-0.25, -0.2) is 0 Å². The van der Waals surface area contributed by atoms with Crippen molar-refractivity contribution in [2.24, 2.45) is 11.3 Å². The second-order valence-electron chi connectivity index (χ2n) is 7.85. The van der Waals surface area contributed by atoms with Gasteiger partial charge in [0.2, 0.25) is 11.8 Å². The first kappa shape index (κ1) is 17.3. The van der Waals surface area contributed by atoms with Crippen LogP contribution in [-0.2, 0) is 20.7 Å². The highest BCUT2D eigenvalue weighted by Gasteiger charge is 2.59. The summed E-state index contributed by atoms with van der Waals surface area (Å²) in [6.07, 6.45) is 6.29.